The van der Waals surface area contributed by atoms with Gasteiger partial charge in [-0.3, -0.25) is 0 Å². The van der Waals surface area contributed by atoms with Crippen molar-refractivity contribution in [1.82, 2.24) is 9.97 Å². The predicted molar refractivity (Wildman–Crippen MR) is 87.6 cm³/mol. The van der Waals surface area contributed by atoms with Gasteiger partial charge in [-0.25, -0.2) is 9.97 Å². The Morgan fingerprint density at radius 2 is 2.14 bits per heavy atom. The fourth-order valence-corrected chi connectivity index (χ4v) is 2.09. The Morgan fingerprint density at radius 1 is 1.36 bits per heavy atom. The summed E-state index contributed by atoms with van der Waals surface area (Å²) < 4.78 is 5.39. The Bertz CT molecular complexity index is 689. The number of aromatic nitrogens is 2. The van der Waals surface area contributed by atoms with Crippen LogP contribution in [-0.4, -0.2) is 21.7 Å². The molecule has 1 aromatic heterocycles. The van der Waals surface area contributed by atoms with Gasteiger partial charge in [0.05, 0.1) is 5.69 Å². The van der Waals surface area contributed by atoms with Crippen LogP contribution in [0.5, 0.6) is 11.5 Å². The summed E-state index contributed by atoms with van der Waals surface area (Å²) in [6.07, 6.45) is 1.62. The van der Waals surface area contributed by atoms with E-state index in [0.717, 1.165) is 11.3 Å². The number of phenols is 1. The minimum atomic E-state index is 0.0948. The SMILES string of the molecule is C=CCOc1cc(CNc2nc(C)nc(C)c2Cl)ccc1O. The lowest BCUT2D eigenvalue weighted by atomic mass is 10.2. The average Bonchev–Trinajstić information content (AvgIpc) is 2.49. The van der Waals surface area contributed by atoms with Gasteiger partial charge in [0.1, 0.15) is 23.3 Å². The van der Waals surface area contributed by atoms with E-state index in [1.54, 1.807) is 24.3 Å². The molecule has 0 aliphatic rings. The van der Waals surface area contributed by atoms with Crippen molar-refractivity contribution in [2.24, 2.45) is 0 Å². The minimum absolute atomic E-state index is 0.0948. The third-order valence-electron chi connectivity index (χ3n) is 2.97. The van der Waals surface area contributed by atoms with Crippen LogP contribution in [-0.2, 0) is 6.54 Å². The van der Waals surface area contributed by atoms with Crippen molar-refractivity contribution in [1.29, 1.82) is 0 Å². The lowest BCUT2D eigenvalue weighted by molar-refractivity contribution is 0.336. The van der Waals surface area contributed by atoms with E-state index in [4.69, 9.17) is 16.3 Å². The van der Waals surface area contributed by atoms with E-state index in [1.807, 2.05) is 13.8 Å². The number of halogens is 1. The van der Waals surface area contributed by atoms with Crippen LogP contribution in [0.15, 0.2) is 30.9 Å². The molecule has 5 nitrogen and oxygen atoms in total. The molecule has 1 heterocycles. The molecule has 6 heteroatoms. The maximum atomic E-state index is 9.74. The predicted octanol–water partition coefficient (Wildman–Crippen LogP) is 3.63. The van der Waals surface area contributed by atoms with Crippen molar-refractivity contribution in [2.75, 3.05) is 11.9 Å². The summed E-state index contributed by atoms with van der Waals surface area (Å²) in [5, 5.41) is 13.4. The molecule has 0 spiro atoms. The molecule has 0 saturated carbocycles. The first-order valence-corrected chi connectivity index (χ1v) is 7.19. The normalized spacial score (nSPS) is 10.3. The van der Waals surface area contributed by atoms with Crippen LogP contribution in [0.2, 0.25) is 5.02 Å². The summed E-state index contributed by atoms with van der Waals surface area (Å²) >= 11 is 6.19. The zero-order chi connectivity index (χ0) is 16.1. The monoisotopic (exact) mass is 319 g/mol. The summed E-state index contributed by atoms with van der Waals surface area (Å²) in [5.74, 6) is 1.76. The number of hydrogen-bond acceptors (Lipinski definition) is 5. The maximum absolute atomic E-state index is 9.74. The molecule has 0 saturated heterocycles. The number of aryl methyl sites for hydroxylation is 2. The van der Waals surface area contributed by atoms with Gasteiger partial charge in [-0.05, 0) is 31.5 Å². The summed E-state index contributed by atoms with van der Waals surface area (Å²) in [6, 6.07) is 5.16. The van der Waals surface area contributed by atoms with Crippen molar-refractivity contribution >= 4 is 17.4 Å². The highest BCUT2D eigenvalue weighted by Gasteiger charge is 2.09. The van der Waals surface area contributed by atoms with Gasteiger partial charge >= 0.3 is 0 Å². The number of ether oxygens (including phenoxy) is 1. The van der Waals surface area contributed by atoms with Crippen LogP contribution in [0.3, 0.4) is 0 Å². The van der Waals surface area contributed by atoms with Crippen LogP contribution in [0, 0.1) is 13.8 Å². The molecule has 0 amide bonds. The highest BCUT2D eigenvalue weighted by Crippen LogP contribution is 2.28. The van der Waals surface area contributed by atoms with E-state index in [-0.39, 0.29) is 5.75 Å². The van der Waals surface area contributed by atoms with Gasteiger partial charge in [-0.1, -0.05) is 30.3 Å². The fourth-order valence-electron chi connectivity index (χ4n) is 1.93. The van der Waals surface area contributed by atoms with Gasteiger partial charge in [-0.2, -0.15) is 0 Å². The number of nitrogens with one attached hydrogen (secondary N) is 1. The number of nitrogens with zero attached hydrogens (tertiary/aromatic N) is 2. The zero-order valence-corrected chi connectivity index (χ0v) is 13.3. The third-order valence-corrected chi connectivity index (χ3v) is 3.42. The number of aromatic hydroxyl groups is 1. The number of rotatable bonds is 6. The van der Waals surface area contributed by atoms with Gasteiger partial charge in [0.25, 0.3) is 0 Å². The molecule has 1 aromatic carbocycles. The highest BCUT2D eigenvalue weighted by molar-refractivity contribution is 6.33. The summed E-state index contributed by atoms with van der Waals surface area (Å²) in [7, 11) is 0. The Kier molecular flexibility index (Phi) is 5.22. The first-order valence-electron chi connectivity index (χ1n) is 6.81. The van der Waals surface area contributed by atoms with Crippen molar-refractivity contribution in [2.45, 2.75) is 20.4 Å². The molecular formula is C16H18ClN3O2. The summed E-state index contributed by atoms with van der Waals surface area (Å²) in [6.45, 7) is 8.07. The Labute approximate surface area is 134 Å². The van der Waals surface area contributed by atoms with Crippen molar-refractivity contribution in [3.05, 3.63) is 53.0 Å². The highest BCUT2D eigenvalue weighted by atomic mass is 35.5. The molecule has 0 fully saturated rings. The van der Waals surface area contributed by atoms with Crippen LogP contribution < -0.4 is 10.1 Å². The largest absolute Gasteiger partial charge is 0.504 e. The summed E-state index contributed by atoms with van der Waals surface area (Å²) in [4.78, 5) is 8.49. The van der Waals surface area contributed by atoms with Gasteiger partial charge in [-0.15, -0.1) is 0 Å². The second-order valence-corrected chi connectivity index (χ2v) is 5.15. The van der Waals surface area contributed by atoms with Crippen molar-refractivity contribution < 1.29 is 9.84 Å². The van der Waals surface area contributed by atoms with E-state index in [2.05, 4.69) is 21.9 Å². The Morgan fingerprint density at radius 3 is 2.86 bits per heavy atom. The molecule has 22 heavy (non-hydrogen) atoms. The van der Waals surface area contributed by atoms with Crippen molar-refractivity contribution in [3.63, 3.8) is 0 Å². The molecule has 0 aliphatic carbocycles. The van der Waals surface area contributed by atoms with E-state index >= 15 is 0 Å². The van der Waals surface area contributed by atoms with Crippen molar-refractivity contribution in [3.8, 4) is 11.5 Å². The van der Waals surface area contributed by atoms with Gasteiger partial charge in [0, 0.05) is 6.54 Å². The molecule has 116 valence electrons. The van der Waals surface area contributed by atoms with Crippen LogP contribution in [0.25, 0.3) is 0 Å². The van der Waals surface area contributed by atoms with Gasteiger partial charge in [0.15, 0.2) is 11.5 Å². The molecule has 0 bridgehead atoms. The molecule has 2 rings (SSSR count). The van der Waals surface area contributed by atoms with Crippen LogP contribution in [0.4, 0.5) is 5.82 Å². The van der Waals surface area contributed by atoms with E-state index in [1.165, 1.54) is 0 Å². The molecule has 2 N–H and O–H groups in total. The molecule has 0 atom stereocenters. The first kappa shape index (κ1) is 16.1. The molecule has 0 radical (unpaired) electrons. The minimum Gasteiger partial charge on any atom is -0.504 e. The van der Waals surface area contributed by atoms with Gasteiger partial charge < -0.3 is 15.2 Å². The van der Waals surface area contributed by atoms with Crippen LogP contribution in [0.1, 0.15) is 17.1 Å². The topological polar surface area (TPSA) is 67.3 Å². The first-order chi connectivity index (χ1) is 10.5. The molecular weight excluding hydrogens is 302 g/mol. The lowest BCUT2D eigenvalue weighted by Crippen LogP contribution is -2.05. The number of benzene rings is 1. The fraction of sp³-hybridized carbons (Fsp3) is 0.250. The maximum Gasteiger partial charge on any atom is 0.161 e. The quantitative estimate of drug-likeness (QED) is 0.796. The molecule has 2 aromatic rings. The second kappa shape index (κ2) is 7.13. The zero-order valence-electron chi connectivity index (χ0n) is 12.6. The second-order valence-electron chi connectivity index (χ2n) is 4.77. The van der Waals surface area contributed by atoms with E-state index in [0.29, 0.717) is 35.6 Å². The smallest absolute Gasteiger partial charge is 0.161 e. The number of hydrogen-bond donors (Lipinski definition) is 2. The third kappa shape index (κ3) is 3.89. The molecule has 0 unspecified atom stereocenters. The van der Waals surface area contributed by atoms with E-state index < -0.39 is 0 Å². The van der Waals surface area contributed by atoms with E-state index in [9.17, 15) is 5.11 Å². The standard InChI is InChI=1S/C16H18ClN3O2/c1-4-7-22-14-8-12(5-6-13(14)21)9-18-16-15(17)10(2)19-11(3)20-16/h4-6,8,21H,1,7,9H2,2-3H3,(H,18,19,20). The lowest BCUT2D eigenvalue weighted by Gasteiger charge is -2.11. The average molecular weight is 320 g/mol. The Balaban J connectivity index is 2.13. The number of anilines is 1. The van der Waals surface area contributed by atoms with Gasteiger partial charge in [0.2, 0.25) is 0 Å². The number of phenolic OH excluding ortho intramolecular Hbond substituents is 1. The Hall–Kier alpha value is -2.27. The molecule has 0 aliphatic heterocycles. The summed E-state index contributed by atoms with van der Waals surface area (Å²) in [5.41, 5.74) is 1.67. The van der Waals surface area contributed by atoms with Crippen LogP contribution >= 0.6 is 11.6 Å².